The first kappa shape index (κ1) is 15.4. The van der Waals surface area contributed by atoms with Crippen LogP contribution < -0.4 is 4.72 Å². The van der Waals surface area contributed by atoms with Crippen molar-refractivity contribution in [2.75, 3.05) is 30.8 Å². The molecule has 104 valence electrons. The van der Waals surface area contributed by atoms with Gasteiger partial charge in [0, 0.05) is 25.5 Å². The van der Waals surface area contributed by atoms with Gasteiger partial charge in [-0.3, -0.25) is 4.72 Å². The lowest BCUT2D eigenvalue weighted by atomic mass is 10.2. The molecule has 0 saturated heterocycles. The van der Waals surface area contributed by atoms with E-state index in [0.717, 1.165) is 0 Å². The summed E-state index contributed by atoms with van der Waals surface area (Å²) >= 11 is 0. The predicted octanol–water partition coefficient (Wildman–Crippen LogP) is 0.204. The third kappa shape index (κ3) is 6.20. The second kappa shape index (κ2) is 7.74. The van der Waals surface area contributed by atoms with Crippen LogP contribution in [0.4, 0.5) is 5.82 Å². The second-order valence-corrected chi connectivity index (χ2v) is 5.50. The van der Waals surface area contributed by atoms with E-state index in [4.69, 9.17) is 9.84 Å². The van der Waals surface area contributed by atoms with Crippen molar-refractivity contribution < 1.29 is 18.3 Å². The monoisotopic (exact) mass is 284 g/mol. The minimum Gasteiger partial charge on any atom is -0.385 e. The zero-order valence-electron chi connectivity index (χ0n) is 10.6. The summed E-state index contributed by atoms with van der Waals surface area (Å²) in [6, 6.07) is 3.14. The summed E-state index contributed by atoms with van der Waals surface area (Å²) in [5, 5.41) is 8.59. The average molecular weight is 284 g/mol. The van der Waals surface area contributed by atoms with Gasteiger partial charge in [0.15, 0.2) is 0 Å². The lowest BCUT2D eigenvalue weighted by Crippen LogP contribution is -2.18. The summed E-state index contributed by atoms with van der Waals surface area (Å²) < 4.78 is 30.6. The summed E-state index contributed by atoms with van der Waals surface area (Å²) in [5.41, 5.74) is 0.582. The molecule has 0 unspecified atom stereocenters. The first-order chi connectivity index (χ1) is 9.07. The molecule has 1 aromatic rings. The van der Waals surface area contributed by atoms with E-state index in [0.29, 0.717) is 18.6 Å². The molecule has 0 bridgehead atoms. The van der Waals surface area contributed by atoms with Crippen molar-refractivity contribution >= 4 is 15.8 Å². The van der Waals surface area contributed by atoms with Gasteiger partial charge in [-0.2, -0.15) is 0 Å². The van der Waals surface area contributed by atoms with Crippen molar-refractivity contribution in [2.45, 2.75) is 6.42 Å². The molecule has 7 heteroatoms. The highest BCUT2D eigenvalue weighted by atomic mass is 32.2. The maximum absolute atomic E-state index is 11.7. The standard InChI is InChI=1S/C12H16N2O4S/c1-18-8-3-9-19(16,17)14-12-10-11(4-2-7-15)5-6-13-12/h5-6,10,15H,3,7-9H2,1H3,(H,13,14). The van der Waals surface area contributed by atoms with E-state index in [-0.39, 0.29) is 18.2 Å². The molecular weight excluding hydrogens is 268 g/mol. The Bertz CT molecular complexity index is 561. The lowest BCUT2D eigenvalue weighted by Gasteiger charge is -2.07. The van der Waals surface area contributed by atoms with Crippen molar-refractivity contribution in [1.29, 1.82) is 0 Å². The Balaban J connectivity index is 2.71. The molecule has 0 radical (unpaired) electrons. The normalized spacial score (nSPS) is 10.6. The Morgan fingerprint density at radius 1 is 1.53 bits per heavy atom. The van der Waals surface area contributed by atoms with Gasteiger partial charge in [0.05, 0.1) is 5.75 Å². The van der Waals surface area contributed by atoms with Crippen molar-refractivity contribution in [3.8, 4) is 11.8 Å². The molecule has 0 atom stereocenters. The van der Waals surface area contributed by atoms with Crippen molar-refractivity contribution in [1.82, 2.24) is 4.98 Å². The number of aliphatic hydroxyl groups is 1. The van der Waals surface area contributed by atoms with Crippen molar-refractivity contribution in [2.24, 2.45) is 0 Å². The SMILES string of the molecule is COCCCS(=O)(=O)Nc1cc(C#CCO)ccn1. The van der Waals surface area contributed by atoms with Gasteiger partial charge in [0.25, 0.3) is 0 Å². The third-order valence-corrected chi connectivity index (χ3v) is 3.44. The highest BCUT2D eigenvalue weighted by molar-refractivity contribution is 7.92. The molecule has 0 aliphatic heterocycles. The van der Waals surface area contributed by atoms with Crippen LogP contribution in [0.5, 0.6) is 0 Å². The Labute approximate surface area is 112 Å². The van der Waals surface area contributed by atoms with Crippen LogP contribution in [0.25, 0.3) is 0 Å². The maximum Gasteiger partial charge on any atom is 0.233 e. The fourth-order valence-electron chi connectivity index (χ4n) is 1.31. The summed E-state index contributed by atoms with van der Waals surface area (Å²) in [7, 11) is -1.92. The van der Waals surface area contributed by atoms with Gasteiger partial charge in [-0.15, -0.1) is 0 Å². The van der Waals surface area contributed by atoms with Crippen LogP contribution in [0.15, 0.2) is 18.3 Å². The maximum atomic E-state index is 11.7. The Hall–Kier alpha value is -1.62. The smallest absolute Gasteiger partial charge is 0.233 e. The number of methoxy groups -OCH3 is 1. The first-order valence-electron chi connectivity index (χ1n) is 5.62. The van der Waals surface area contributed by atoms with Gasteiger partial charge in [0.2, 0.25) is 10.0 Å². The number of hydrogen-bond donors (Lipinski definition) is 2. The number of nitrogens with zero attached hydrogens (tertiary/aromatic N) is 1. The van der Waals surface area contributed by atoms with Crippen LogP contribution in [0.3, 0.4) is 0 Å². The summed E-state index contributed by atoms with van der Waals surface area (Å²) in [4.78, 5) is 3.91. The molecule has 1 aromatic heterocycles. The molecule has 19 heavy (non-hydrogen) atoms. The number of rotatable bonds is 6. The van der Waals surface area contributed by atoms with Gasteiger partial charge in [-0.1, -0.05) is 11.8 Å². The molecule has 1 heterocycles. The molecule has 0 aromatic carbocycles. The fraction of sp³-hybridized carbons (Fsp3) is 0.417. The Morgan fingerprint density at radius 2 is 2.32 bits per heavy atom. The average Bonchev–Trinajstić information content (AvgIpc) is 2.36. The predicted molar refractivity (Wildman–Crippen MR) is 72.1 cm³/mol. The fourth-order valence-corrected chi connectivity index (χ4v) is 2.34. The van der Waals surface area contributed by atoms with E-state index in [9.17, 15) is 8.42 Å². The number of aromatic nitrogens is 1. The molecular formula is C12H16N2O4S. The van der Waals surface area contributed by atoms with Crippen molar-refractivity contribution in [3.05, 3.63) is 23.9 Å². The third-order valence-electron chi connectivity index (χ3n) is 2.09. The lowest BCUT2D eigenvalue weighted by molar-refractivity contribution is 0.199. The molecule has 6 nitrogen and oxygen atoms in total. The molecule has 0 aliphatic carbocycles. The van der Waals surface area contributed by atoms with E-state index >= 15 is 0 Å². The van der Waals surface area contributed by atoms with Crippen LogP contribution in [0.1, 0.15) is 12.0 Å². The van der Waals surface area contributed by atoms with Gasteiger partial charge in [0.1, 0.15) is 12.4 Å². The minimum atomic E-state index is -3.43. The number of pyridine rings is 1. The Morgan fingerprint density at radius 3 is 3.00 bits per heavy atom. The molecule has 0 aliphatic rings. The van der Waals surface area contributed by atoms with Crippen molar-refractivity contribution in [3.63, 3.8) is 0 Å². The molecule has 0 spiro atoms. The summed E-state index contributed by atoms with van der Waals surface area (Å²) in [6.07, 6.45) is 1.87. The highest BCUT2D eigenvalue weighted by Crippen LogP contribution is 2.08. The molecule has 0 saturated carbocycles. The molecule has 0 fully saturated rings. The molecule has 0 amide bonds. The van der Waals surface area contributed by atoms with E-state index in [1.54, 1.807) is 6.07 Å². The van der Waals surface area contributed by atoms with E-state index in [2.05, 4.69) is 21.5 Å². The number of aliphatic hydroxyl groups excluding tert-OH is 1. The number of ether oxygens (including phenoxy) is 1. The van der Waals surface area contributed by atoms with E-state index < -0.39 is 10.0 Å². The molecule has 2 N–H and O–H groups in total. The minimum absolute atomic E-state index is 0.0327. The number of hydrogen-bond acceptors (Lipinski definition) is 5. The van der Waals surface area contributed by atoms with E-state index in [1.165, 1.54) is 19.4 Å². The van der Waals surface area contributed by atoms with Crippen LogP contribution in [0, 0.1) is 11.8 Å². The van der Waals surface area contributed by atoms with E-state index in [1.807, 2.05) is 0 Å². The zero-order valence-corrected chi connectivity index (χ0v) is 11.4. The molecule has 1 rings (SSSR count). The number of anilines is 1. The van der Waals surface area contributed by atoms with Crippen LogP contribution in [-0.2, 0) is 14.8 Å². The van der Waals surface area contributed by atoms with Crippen LogP contribution in [-0.4, -0.2) is 44.6 Å². The van der Waals surface area contributed by atoms with Gasteiger partial charge < -0.3 is 9.84 Å². The van der Waals surface area contributed by atoms with Crippen LogP contribution in [0.2, 0.25) is 0 Å². The number of nitrogens with one attached hydrogen (secondary N) is 1. The largest absolute Gasteiger partial charge is 0.385 e. The summed E-state index contributed by atoms with van der Waals surface area (Å²) in [6.45, 7) is 0.136. The quantitative estimate of drug-likeness (QED) is 0.575. The Kier molecular flexibility index (Phi) is 6.29. The highest BCUT2D eigenvalue weighted by Gasteiger charge is 2.10. The summed E-state index contributed by atoms with van der Waals surface area (Å²) in [5.74, 6) is 5.34. The van der Waals surface area contributed by atoms with Gasteiger partial charge in [-0.25, -0.2) is 13.4 Å². The second-order valence-electron chi connectivity index (χ2n) is 3.66. The van der Waals surface area contributed by atoms with Gasteiger partial charge >= 0.3 is 0 Å². The van der Waals surface area contributed by atoms with Gasteiger partial charge in [-0.05, 0) is 18.6 Å². The number of sulfonamides is 1. The topological polar surface area (TPSA) is 88.5 Å². The first-order valence-corrected chi connectivity index (χ1v) is 7.28. The van der Waals surface area contributed by atoms with Crippen LogP contribution >= 0.6 is 0 Å². The zero-order chi connectivity index (χ0) is 14.1.